The van der Waals surface area contributed by atoms with Crippen molar-refractivity contribution in [1.29, 1.82) is 0 Å². The highest BCUT2D eigenvalue weighted by Crippen LogP contribution is 2.31. The van der Waals surface area contributed by atoms with Crippen LogP contribution in [0.3, 0.4) is 0 Å². The number of hydrogen-bond acceptors (Lipinski definition) is 5. The summed E-state index contributed by atoms with van der Waals surface area (Å²) in [5.74, 6) is -1.92. The third-order valence-electron chi connectivity index (χ3n) is 3.39. The van der Waals surface area contributed by atoms with Crippen LogP contribution >= 0.6 is 0 Å². The molecule has 0 saturated heterocycles. The number of benzene rings is 1. The molecule has 0 aliphatic rings. The Bertz CT molecular complexity index is 871. The van der Waals surface area contributed by atoms with Gasteiger partial charge in [0, 0.05) is 11.1 Å². The lowest BCUT2D eigenvalue weighted by Gasteiger charge is -2.09. The number of halogens is 1. The fraction of sp³-hybridized carbons (Fsp3) is 0.188. The molecule has 2 heterocycles. The van der Waals surface area contributed by atoms with E-state index in [1.807, 2.05) is 13.8 Å². The van der Waals surface area contributed by atoms with E-state index in [1.54, 1.807) is 12.1 Å². The molecule has 6 heteroatoms. The first-order chi connectivity index (χ1) is 10.5. The molecule has 0 atom stereocenters. The third kappa shape index (κ3) is 2.22. The van der Waals surface area contributed by atoms with Gasteiger partial charge in [0.15, 0.2) is 0 Å². The van der Waals surface area contributed by atoms with Crippen LogP contribution in [0.5, 0.6) is 0 Å². The molecule has 0 fully saturated rings. The molecule has 0 radical (unpaired) electrons. The van der Waals surface area contributed by atoms with Crippen LogP contribution in [0.4, 0.5) is 4.39 Å². The summed E-state index contributed by atoms with van der Waals surface area (Å²) in [6.07, 6.45) is 0. The highest BCUT2D eigenvalue weighted by molar-refractivity contribution is 6.02. The van der Waals surface area contributed by atoms with Crippen LogP contribution in [0, 0.1) is 5.82 Å². The van der Waals surface area contributed by atoms with Crippen molar-refractivity contribution in [3.8, 4) is 11.3 Å². The maximum absolute atomic E-state index is 13.9. The molecule has 0 saturated carbocycles. The minimum Gasteiger partial charge on any atom is -0.545 e. The number of fused-ring (bicyclic) bond motifs is 1. The molecule has 0 amide bonds. The number of carbonyl (C=O) groups excluding carboxylic acids is 1. The maximum atomic E-state index is 13.9. The summed E-state index contributed by atoms with van der Waals surface area (Å²) >= 11 is 0. The van der Waals surface area contributed by atoms with E-state index >= 15 is 0 Å². The van der Waals surface area contributed by atoms with E-state index in [2.05, 4.69) is 10.1 Å². The molecule has 0 aliphatic heterocycles. The molecule has 2 aromatic heterocycles. The Labute approximate surface area is 125 Å². The van der Waals surface area contributed by atoms with Gasteiger partial charge in [-0.3, -0.25) is 0 Å². The van der Waals surface area contributed by atoms with Crippen LogP contribution < -0.4 is 5.11 Å². The second kappa shape index (κ2) is 5.22. The summed E-state index contributed by atoms with van der Waals surface area (Å²) in [5.41, 5.74) is 0.796. The quantitative estimate of drug-likeness (QED) is 0.742. The number of pyridine rings is 1. The molecule has 0 aliphatic carbocycles. The molecule has 1 aromatic carbocycles. The number of aromatic nitrogens is 2. The van der Waals surface area contributed by atoms with Crippen molar-refractivity contribution in [3.63, 3.8) is 0 Å². The second-order valence-electron chi connectivity index (χ2n) is 5.23. The zero-order valence-corrected chi connectivity index (χ0v) is 12.0. The lowest BCUT2D eigenvalue weighted by atomic mass is 10.0. The number of rotatable bonds is 3. The van der Waals surface area contributed by atoms with Gasteiger partial charge < -0.3 is 14.4 Å². The van der Waals surface area contributed by atoms with Crippen LogP contribution in [-0.2, 0) is 0 Å². The van der Waals surface area contributed by atoms with E-state index in [0.29, 0.717) is 11.1 Å². The first kappa shape index (κ1) is 14.2. The fourth-order valence-electron chi connectivity index (χ4n) is 2.34. The van der Waals surface area contributed by atoms with Gasteiger partial charge in [0.25, 0.3) is 5.71 Å². The first-order valence-electron chi connectivity index (χ1n) is 6.75. The Hall–Kier alpha value is -2.76. The predicted molar refractivity (Wildman–Crippen MR) is 75.6 cm³/mol. The molecular weight excluding hydrogens is 287 g/mol. The lowest BCUT2D eigenvalue weighted by molar-refractivity contribution is -0.254. The smallest absolute Gasteiger partial charge is 0.259 e. The summed E-state index contributed by atoms with van der Waals surface area (Å²) < 4.78 is 19.0. The molecule has 112 valence electrons. The standard InChI is InChI=1S/C16H13FN2O3/c1-8(2)14-13-10(16(20)21)7-12(18-15(13)22-19-14)9-5-3-4-6-11(9)17/h3-8H,1-2H3,(H,20,21)/p-1. The summed E-state index contributed by atoms with van der Waals surface area (Å²) in [4.78, 5) is 15.6. The monoisotopic (exact) mass is 299 g/mol. The second-order valence-corrected chi connectivity index (χ2v) is 5.23. The van der Waals surface area contributed by atoms with Gasteiger partial charge in [-0.25, -0.2) is 9.37 Å². The largest absolute Gasteiger partial charge is 0.545 e. The van der Waals surface area contributed by atoms with Crippen molar-refractivity contribution in [2.24, 2.45) is 0 Å². The Kier molecular flexibility index (Phi) is 3.36. The molecule has 0 unspecified atom stereocenters. The van der Waals surface area contributed by atoms with Crippen LogP contribution in [0.2, 0.25) is 0 Å². The lowest BCUT2D eigenvalue weighted by Crippen LogP contribution is -2.23. The summed E-state index contributed by atoms with van der Waals surface area (Å²) in [6, 6.07) is 7.27. The van der Waals surface area contributed by atoms with E-state index < -0.39 is 11.8 Å². The van der Waals surface area contributed by atoms with E-state index in [0.717, 1.165) is 0 Å². The highest BCUT2D eigenvalue weighted by atomic mass is 19.1. The van der Waals surface area contributed by atoms with Crippen molar-refractivity contribution >= 4 is 17.1 Å². The van der Waals surface area contributed by atoms with Gasteiger partial charge in [-0.2, -0.15) is 0 Å². The number of hydrogen-bond donors (Lipinski definition) is 0. The van der Waals surface area contributed by atoms with Crippen molar-refractivity contribution in [3.05, 3.63) is 47.4 Å². The Morgan fingerprint density at radius 2 is 2.05 bits per heavy atom. The fourth-order valence-corrected chi connectivity index (χ4v) is 2.34. The van der Waals surface area contributed by atoms with E-state index in [4.69, 9.17) is 4.52 Å². The average Bonchev–Trinajstić information content (AvgIpc) is 2.90. The minimum atomic E-state index is -1.38. The molecule has 0 N–H and O–H groups in total. The van der Waals surface area contributed by atoms with Gasteiger partial charge >= 0.3 is 0 Å². The molecule has 5 nitrogen and oxygen atoms in total. The summed E-state index contributed by atoms with van der Waals surface area (Å²) in [5, 5.41) is 15.6. The number of nitrogens with zero attached hydrogens (tertiary/aromatic N) is 2. The van der Waals surface area contributed by atoms with Crippen molar-refractivity contribution in [1.82, 2.24) is 10.1 Å². The van der Waals surface area contributed by atoms with Crippen LogP contribution in [-0.4, -0.2) is 16.1 Å². The molecular formula is C16H12FN2O3-. The van der Waals surface area contributed by atoms with Crippen LogP contribution in [0.25, 0.3) is 22.4 Å². The van der Waals surface area contributed by atoms with Gasteiger partial charge in [-0.1, -0.05) is 31.1 Å². The average molecular weight is 299 g/mol. The van der Waals surface area contributed by atoms with Gasteiger partial charge in [0.2, 0.25) is 0 Å². The van der Waals surface area contributed by atoms with E-state index in [1.165, 1.54) is 18.2 Å². The Balaban J connectivity index is 2.33. The number of carboxylic acids is 1. The van der Waals surface area contributed by atoms with Crippen LogP contribution in [0.15, 0.2) is 34.9 Å². The first-order valence-corrected chi connectivity index (χ1v) is 6.75. The zero-order valence-electron chi connectivity index (χ0n) is 12.0. The SMILES string of the molecule is CC(C)c1noc2nc(-c3ccccc3F)cc(C(=O)[O-])c12. The van der Waals surface area contributed by atoms with Gasteiger partial charge in [0.05, 0.1) is 22.7 Å². The highest BCUT2D eigenvalue weighted by Gasteiger charge is 2.19. The van der Waals surface area contributed by atoms with Gasteiger partial charge in [-0.05, 0) is 24.1 Å². The third-order valence-corrected chi connectivity index (χ3v) is 3.39. The predicted octanol–water partition coefficient (Wildman–Crippen LogP) is 2.52. The molecule has 0 bridgehead atoms. The molecule has 3 rings (SSSR count). The molecule has 3 aromatic rings. The summed E-state index contributed by atoms with van der Waals surface area (Å²) in [7, 11) is 0. The van der Waals surface area contributed by atoms with Gasteiger partial charge in [0.1, 0.15) is 5.82 Å². The minimum absolute atomic E-state index is 0.0412. The van der Waals surface area contributed by atoms with Crippen molar-refractivity contribution < 1.29 is 18.8 Å². The van der Waals surface area contributed by atoms with E-state index in [-0.39, 0.29) is 28.5 Å². The topological polar surface area (TPSA) is 79.0 Å². The number of carbonyl (C=O) groups is 1. The van der Waals surface area contributed by atoms with Crippen LogP contribution in [0.1, 0.15) is 35.8 Å². The molecule has 0 spiro atoms. The van der Waals surface area contributed by atoms with E-state index in [9.17, 15) is 14.3 Å². The van der Waals surface area contributed by atoms with Crippen molar-refractivity contribution in [2.45, 2.75) is 19.8 Å². The number of carboxylic acid groups (broad SMARTS) is 1. The van der Waals surface area contributed by atoms with Crippen molar-refractivity contribution in [2.75, 3.05) is 0 Å². The number of aromatic carboxylic acids is 1. The Morgan fingerprint density at radius 1 is 1.32 bits per heavy atom. The normalized spacial score (nSPS) is 11.3. The summed E-state index contributed by atoms with van der Waals surface area (Å²) in [6.45, 7) is 3.72. The zero-order chi connectivity index (χ0) is 15.9. The maximum Gasteiger partial charge on any atom is 0.259 e. The van der Waals surface area contributed by atoms with Gasteiger partial charge in [-0.15, -0.1) is 0 Å². The molecule has 22 heavy (non-hydrogen) atoms. The Morgan fingerprint density at radius 3 is 2.68 bits per heavy atom.